The van der Waals surface area contributed by atoms with E-state index in [4.69, 9.17) is 9.47 Å². The number of nitrogens with zero attached hydrogens (tertiary/aromatic N) is 2. The Labute approximate surface area is 159 Å². The van der Waals surface area contributed by atoms with Gasteiger partial charge in [0.25, 0.3) is 0 Å². The average Bonchev–Trinajstić information content (AvgIpc) is 2.70. The van der Waals surface area contributed by atoms with E-state index in [1.807, 2.05) is 30.3 Å². The number of ether oxygens (including phenoxy) is 2. The van der Waals surface area contributed by atoms with Crippen molar-refractivity contribution in [2.24, 2.45) is 0 Å². The maximum Gasteiger partial charge on any atom is 0.249 e. The van der Waals surface area contributed by atoms with E-state index in [1.165, 1.54) is 0 Å². The molecule has 0 N–H and O–H groups in total. The Morgan fingerprint density at radius 3 is 2.26 bits per heavy atom. The summed E-state index contributed by atoms with van der Waals surface area (Å²) in [6.07, 6.45) is 0.297. The van der Waals surface area contributed by atoms with Crippen LogP contribution in [0.2, 0.25) is 0 Å². The smallest absolute Gasteiger partial charge is 0.249 e. The lowest BCUT2D eigenvalue weighted by Gasteiger charge is -2.39. The molecular weight excluding hydrogens is 344 g/mol. The second-order valence-corrected chi connectivity index (χ2v) is 6.49. The van der Waals surface area contributed by atoms with Crippen molar-refractivity contribution in [2.45, 2.75) is 19.4 Å². The number of amides is 2. The van der Waals surface area contributed by atoms with E-state index in [2.05, 4.69) is 0 Å². The first kappa shape index (κ1) is 18.8. The molecule has 3 rings (SSSR count). The summed E-state index contributed by atoms with van der Waals surface area (Å²) in [6, 6.07) is 14.4. The Balaban J connectivity index is 1.75. The van der Waals surface area contributed by atoms with Gasteiger partial charge in [0.15, 0.2) is 0 Å². The molecule has 1 aliphatic heterocycles. The van der Waals surface area contributed by atoms with Crippen molar-refractivity contribution in [3.63, 3.8) is 0 Å². The van der Waals surface area contributed by atoms with Crippen LogP contribution in [-0.2, 0) is 16.0 Å². The number of benzene rings is 2. The van der Waals surface area contributed by atoms with E-state index in [0.29, 0.717) is 36.7 Å². The Morgan fingerprint density at radius 1 is 1.04 bits per heavy atom. The van der Waals surface area contributed by atoms with Gasteiger partial charge < -0.3 is 19.3 Å². The van der Waals surface area contributed by atoms with E-state index >= 15 is 0 Å². The Hall–Kier alpha value is -3.02. The van der Waals surface area contributed by atoms with Gasteiger partial charge in [-0.1, -0.05) is 30.3 Å². The molecule has 0 radical (unpaired) electrons. The maximum absolute atomic E-state index is 12.9. The third-order valence-electron chi connectivity index (χ3n) is 4.82. The minimum Gasteiger partial charge on any atom is -0.497 e. The molecule has 0 spiro atoms. The highest BCUT2D eigenvalue weighted by atomic mass is 16.5. The molecule has 27 heavy (non-hydrogen) atoms. The summed E-state index contributed by atoms with van der Waals surface area (Å²) in [5, 5.41) is 0. The average molecular weight is 368 g/mol. The fourth-order valence-corrected chi connectivity index (χ4v) is 3.29. The summed E-state index contributed by atoms with van der Waals surface area (Å²) in [6.45, 7) is 2.69. The van der Waals surface area contributed by atoms with Crippen molar-refractivity contribution in [1.29, 1.82) is 0 Å². The number of hydrogen-bond donors (Lipinski definition) is 0. The summed E-state index contributed by atoms with van der Waals surface area (Å²) in [4.78, 5) is 29.0. The maximum atomic E-state index is 12.9. The monoisotopic (exact) mass is 368 g/mol. The molecule has 2 aromatic carbocycles. The van der Waals surface area contributed by atoms with Crippen molar-refractivity contribution in [3.8, 4) is 11.5 Å². The lowest BCUT2D eigenvalue weighted by Crippen LogP contribution is -2.58. The molecule has 0 bridgehead atoms. The topological polar surface area (TPSA) is 59.1 Å². The van der Waals surface area contributed by atoms with Crippen molar-refractivity contribution in [3.05, 3.63) is 54.1 Å². The van der Waals surface area contributed by atoms with Gasteiger partial charge >= 0.3 is 0 Å². The number of methoxy groups -OCH3 is 2. The third-order valence-corrected chi connectivity index (χ3v) is 4.82. The zero-order valence-corrected chi connectivity index (χ0v) is 15.8. The van der Waals surface area contributed by atoms with Gasteiger partial charge in [-0.3, -0.25) is 9.59 Å². The molecule has 0 saturated carbocycles. The standard InChI is InChI=1S/C21H24N2O4/c1-15-21(25)23(17-12-18(26-2)14-19(13-17)27-3)10-9-22(15)20(24)11-16-7-5-4-6-8-16/h4-8,12-15H,9-11H2,1-3H3/t15-/m0/s1. The normalized spacial score (nSPS) is 17.0. The number of anilines is 1. The van der Waals surface area contributed by atoms with E-state index in [0.717, 1.165) is 5.56 Å². The zero-order valence-electron chi connectivity index (χ0n) is 15.8. The lowest BCUT2D eigenvalue weighted by atomic mass is 10.1. The second-order valence-electron chi connectivity index (χ2n) is 6.49. The molecule has 0 aliphatic carbocycles. The van der Waals surface area contributed by atoms with Crippen LogP contribution in [0.4, 0.5) is 5.69 Å². The predicted octanol–water partition coefficient (Wildman–Crippen LogP) is 2.51. The van der Waals surface area contributed by atoms with E-state index in [1.54, 1.807) is 49.1 Å². The third kappa shape index (κ3) is 4.05. The van der Waals surface area contributed by atoms with Crippen LogP contribution in [0.1, 0.15) is 12.5 Å². The van der Waals surface area contributed by atoms with Gasteiger partial charge in [-0.2, -0.15) is 0 Å². The van der Waals surface area contributed by atoms with Gasteiger partial charge in [-0.15, -0.1) is 0 Å². The molecular formula is C21H24N2O4. The van der Waals surface area contributed by atoms with Gasteiger partial charge in [-0.25, -0.2) is 0 Å². The van der Waals surface area contributed by atoms with Crippen LogP contribution in [0, 0.1) is 0 Å². The van der Waals surface area contributed by atoms with E-state index in [9.17, 15) is 9.59 Å². The number of piperazine rings is 1. The largest absolute Gasteiger partial charge is 0.497 e. The van der Waals surface area contributed by atoms with Gasteiger partial charge in [0.2, 0.25) is 11.8 Å². The highest BCUT2D eigenvalue weighted by Gasteiger charge is 2.35. The fraction of sp³-hybridized carbons (Fsp3) is 0.333. The predicted molar refractivity (Wildman–Crippen MR) is 103 cm³/mol. The van der Waals surface area contributed by atoms with Gasteiger partial charge in [-0.05, 0) is 12.5 Å². The Bertz CT molecular complexity index is 800. The highest BCUT2D eigenvalue weighted by Crippen LogP contribution is 2.30. The van der Waals surface area contributed by atoms with E-state index in [-0.39, 0.29) is 11.8 Å². The first-order chi connectivity index (χ1) is 13.0. The molecule has 142 valence electrons. The molecule has 1 aliphatic rings. The number of rotatable bonds is 5. The first-order valence-corrected chi connectivity index (χ1v) is 8.91. The van der Waals surface area contributed by atoms with Crippen LogP contribution >= 0.6 is 0 Å². The van der Waals surface area contributed by atoms with Gasteiger partial charge in [0, 0.05) is 31.3 Å². The molecule has 2 amide bonds. The molecule has 1 atom stereocenters. The van der Waals surface area contributed by atoms with Crippen LogP contribution in [0.3, 0.4) is 0 Å². The second kappa shape index (κ2) is 8.12. The van der Waals surface area contributed by atoms with Crippen molar-refractivity contribution in [2.75, 3.05) is 32.2 Å². The van der Waals surface area contributed by atoms with Crippen molar-refractivity contribution < 1.29 is 19.1 Å². The first-order valence-electron chi connectivity index (χ1n) is 8.91. The quantitative estimate of drug-likeness (QED) is 0.814. The van der Waals surface area contributed by atoms with Crippen molar-refractivity contribution in [1.82, 2.24) is 4.90 Å². The fourth-order valence-electron chi connectivity index (χ4n) is 3.29. The van der Waals surface area contributed by atoms with Crippen LogP contribution < -0.4 is 14.4 Å². The summed E-state index contributed by atoms with van der Waals surface area (Å²) in [5.74, 6) is 1.09. The Morgan fingerprint density at radius 2 is 1.67 bits per heavy atom. The molecule has 6 nitrogen and oxygen atoms in total. The molecule has 0 aromatic heterocycles. The van der Waals surface area contributed by atoms with Crippen LogP contribution in [0.5, 0.6) is 11.5 Å². The summed E-state index contributed by atoms with van der Waals surface area (Å²) in [7, 11) is 3.15. The number of hydrogen-bond acceptors (Lipinski definition) is 4. The van der Waals surface area contributed by atoms with Crippen LogP contribution in [0.25, 0.3) is 0 Å². The van der Waals surface area contributed by atoms with Crippen molar-refractivity contribution >= 4 is 17.5 Å². The molecule has 0 unspecified atom stereocenters. The van der Waals surface area contributed by atoms with Gasteiger partial charge in [0.1, 0.15) is 17.5 Å². The minimum absolute atomic E-state index is 0.0371. The molecule has 1 saturated heterocycles. The molecule has 1 heterocycles. The molecule has 2 aromatic rings. The highest BCUT2D eigenvalue weighted by molar-refractivity contribution is 6.00. The Kier molecular flexibility index (Phi) is 5.64. The number of carbonyl (C=O) groups excluding carboxylic acids is 2. The molecule has 1 fully saturated rings. The molecule has 6 heteroatoms. The minimum atomic E-state index is -0.521. The van der Waals surface area contributed by atoms with Crippen LogP contribution in [0.15, 0.2) is 48.5 Å². The zero-order chi connectivity index (χ0) is 19.4. The van der Waals surface area contributed by atoms with E-state index < -0.39 is 6.04 Å². The SMILES string of the molecule is COc1cc(OC)cc(N2CCN(C(=O)Cc3ccccc3)[C@@H](C)C2=O)c1. The number of carbonyl (C=O) groups is 2. The summed E-state index contributed by atoms with van der Waals surface area (Å²) in [5.41, 5.74) is 1.65. The summed E-state index contributed by atoms with van der Waals surface area (Å²) >= 11 is 0. The van der Waals surface area contributed by atoms with Gasteiger partial charge in [0.05, 0.1) is 26.3 Å². The van der Waals surface area contributed by atoms with Crippen LogP contribution in [-0.4, -0.2) is 50.1 Å². The lowest BCUT2D eigenvalue weighted by molar-refractivity contribution is -0.140. The summed E-state index contributed by atoms with van der Waals surface area (Å²) < 4.78 is 10.6.